The Labute approximate surface area is 115 Å². The van der Waals surface area contributed by atoms with Crippen LogP contribution in [0, 0.1) is 6.92 Å². The van der Waals surface area contributed by atoms with Gasteiger partial charge in [-0.1, -0.05) is 0 Å². The fourth-order valence-electron chi connectivity index (χ4n) is 2.14. The Morgan fingerprint density at radius 2 is 2.05 bits per heavy atom. The Balaban J connectivity index is 2.33. The molecule has 1 fully saturated rings. The number of nitrogen functional groups attached to an aromatic ring is 1. The molecular weight excluding hydrogens is 240 g/mol. The Morgan fingerprint density at radius 3 is 2.58 bits per heavy atom. The number of ether oxygens (including phenoxy) is 1. The minimum atomic E-state index is 0.357. The maximum absolute atomic E-state index is 6.04. The number of nitrogens with two attached hydrogens (primary N) is 1. The lowest BCUT2D eigenvalue weighted by Crippen LogP contribution is -2.35. The van der Waals surface area contributed by atoms with Crippen LogP contribution < -0.4 is 10.6 Å². The molecule has 1 aromatic rings. The molecule has 0 unspecified atom stereocenters. The molecule has 0 aromatic carbocycles. The number of aromatic nitrogens is 2. The number of hydrogen-bond acceptors (Lipinski definition) is 5. The van der Waals surface area contributed by atoms with Crippen LogP contribution in [0.1, 0.15) is 44.0 Å². The summed E-state index contributed by atoms with van der Waals surface area (Å²) in [5, 5.41) is 0. The topological polar surface area (TPSA) is 64.3 Å². The van der Waals surface area contributed by atoms with Crippen LogP contribution in [-0.4, -0.2) is 36.3 Å². The molecule has 0 spiro atoms. The third-order valence-corrected chi connectivity index (χ3v) is 3.55. The molecule has 1 aromatic heterocycles. The van der Waals surface area contributed by atoms with Crippen molar-refractivity contribution in [2.75, 3.05) is 30.9 Å². The molecule has 0 atom stereocenters. The first-order chi connectivity index (χ1) is 9.04. The summed E-state index contributed by atoms with van der Waals surface area (Å²) in [6.45, 7) is 7.80. The summed E-state index contributed by atoms with van der Waals surface area (Å²) in [6, 6.07) is 0.357. The number of rotatable bonds is 6. The van der Waals surface area contributed by atoms with Gasteiger partial charge >= 0.3 is 0 Å². The monoisotopic (exact) mass is 264 g/mol. The normalized spacial score (nSPS) is 15.0. The van der Waals surface area contributed by atoms with Crippen LogP contribution in [0.5, 0.6) is 0 Å². The number of nitrogens with zero attached hydrogens (tertiary/aromatic N) is 3. The summed E-state index contributed by atoms with van der Waals surface area (Å²) >= 11 is 0. The van der Waals surface area contributed by atoms with Gasteiger partial charge in [-0.15, -0.1) is 0 Å². The van der Waals surface area contributed by atoms with E-state index in [1.165, 1.54) is 12.8 Å². The number of hydrogen-bond donors (Lipinski definition) is 1. The van der Waals surface area contributed by atoms with E-state index in [1.807, 2.05) is 6.92 Å². The Morgan fingerprint density at radius 1 is 1.37 bits per heavy atom. The molecule has 0 amide bonds. The smallest absolute Gasteiger partial charge is 0.137 e. The average molecular weight is 264 g/mol. The summed E-state index contributed by atoms with van der Waals surface area (Å²) < 4.78 is 5.19. The molecule has 19 heavy (non-hydrogen) atoms. The molecule has 2 rings (SSSR count). The highest BCUT2D eigenvalue weighted by Gasteiger charge is 2.29. The molecule has 0 radical (unpaired) electrons. The van der Waals surface area contributed by atoms with Crippen LogP contribution in [0.4, 0.5) is 11.6 Å². The van der Waals surface area contributed by atoms with E-state index in [2.05, 4.69) is 23.7 Å². The number of anilines is 2. The van der Waals surface area contributed by atoms with Crippen LogP contribution in [-0.2, 0) is 4.74 Å². The molecule has 1 aliphatic carbocycles. The van der Waals surface area contributed by atoms with Crippen molar-refractivity contribution in [3.63, 3.8) is 0 Å². The van der Waals surface area contributed by atoms with E-state index in [4.69, 9.17) is 15.5 Å². The molecule has 0 bridgehead atoms. The van der Waals surface area contributed by atoms with Gasteiger partial charge in [-0.2, -0.15) is 0 Å². The maximum Gasteiger partial charge on any atom is 0.137 e. The van der Waals surface area contributed by atoms with Crippen molar-refractivity contribution < 1.29 is 4.74 Å². The van der Waals surface area contributed by atoms with Crippen LogP contribution in [0.15, 0.2) is 0 Å². The second-order valence-corrected chi connectivity index (χ2v) is 5.47. The van der Waals surface area contributed by atoms with Crippen molar-refractivity contribution in [2.45, 2.75) is 45.6 Å². The van der Waals surface area contributed by atoms with Crippen molar-refractivity contribution in [1.29, 1.82) is 0 Å². The molecule has 106 valence electrons. The molecule has 1 aliphatic rings. The summed E-state index contributed by atoms with van der Waals surface area (Å²) in [5.74, 6) is 2.98. The van der Waals surface area contributed by atoms with E-state index < -0.39 is 0 Å². The van der Waals surface area contributed by atoms with E-state index in [9.17, 15) is 0 Å². The summed E-state index contributed by atoms with van der Waals surface area (Å²) in [6.07, 6.45) is 2.36. The van der Waals surface area contributed by atoms with Gasteiger partial charge in [0.05, 0.1) is 6.61 Å². The zero-order valence-corrected chi connectivity index (χ0v) is 12.3. The second-order valence-electron chi connectivity index (χ2n) is 5.47. The lowest BCUT2D eigenvalue weighted by atomic mass is 10.2. The van der Waals surface area contributed by atoms with Crippen molar-refractivity contribution in [1.82, 2.24) is 9.97 Å². The first-order valence-electron chi connectivity index (χ1n) is 6.94. The Kier molecular flexibility index (Phi) is 4.24. The third-order valence-electron chi connectivity index (χ3n) is 3.55. The SMILES string of the molecule is COCCN(c1nc(C2CC2)nc(N)c1C)C(C)C. The van der Waals surface area contributed by atoms with Gasteiger partial charge < -0.3 is 15.4 Å². The molecular formula is C14H24N4O. The van der Waals surface area contributed by atoms with Gasteiger partial charge in [-0.05, 0) is 33.6 Å². The Bertz CT molecular complexity index is 443. The maximum atomic E-state index is 6.04. The quantitative estimate of drug-likeness (QED) is 0.852. The minimum Gasteiger partial charge on any atom is -0.383 e. The van der Waals surface area contributed by atoms with Gasteiger partial charge in [0.15, 0.2) is 0 Å². The molecule has 1 saturated carbocycles. The van der Waals surface area contributed by atoms with E-state index in [0.29, 0.717) is 24.4 Å². The van der Waals surface area contributed by atoms with Crippen LogP contribution in [0.3, 0.4) is 0 Å². The largest absolute Gasteiger partial charge is 0.383 e. The van der Waals surface area contributed by atoms with Gasteiger partial charge in [-0.25, -0.2) is 9.97 Å². The fourth-order valence-corrected chi connectivity index (χ4v) is 2.14. The van der Waals surface area contributed by atoms with Gasteiger partial charge in [0.25, 0.3) is 0 Å². The van der Waals surface area contributed by atoms with E-state index in [1.54, 1.807) is 7.11 Å². The zero-order chi connectivity index (χ0) is 14.0. The second kappa shape index (κ2) is 5.74. The van der Waals surface area contributed by atoms with Gasteiger partial charge in [0.1, 0.15) is 17.5 Å². The van der Waals surface area contributed by atoms with E-state index in [0.717, 1.165) is 23.8 Å². The molecule has 5 nitrogen and oxygen atoms in total. The van der Waals surface area contributed by atoms with E-state index in [-0.39, 0.29) is 0 Å². The lowest BCUT2D eigenvalue weighted by Gasteiger charge is -2.29. The van der Waals surface area contributed by atoms with Crippen LogP contribution in [0.25, 0.3) is 0 Å². The molecule has 2 N–H and O–H groups in total. The van der Waals surface area contributed by atoms with E-state index >= 15 is 0 Å². The average Bonchev–Trinajstić information content (AvgIpc) is 3.18. The molecule has 0 saturated heterocycles. The predicted molar refractivity (Wildman–Crippen MR) is 77.5 cm³/mol. The summed E-state index contributed by atoms with van der Waals surface area (Å²) in [7, 11) is 1.72. The Hall–Kier alpha value is -1.36. The van der Waals surface area contributed by atoms with Crippen LogP contribution in [0.2, 0.25) is 0 Å². The first-order valence-corrected chi connectivity index (χ1v) is 6.94. The van der Waals surface area contributed by atoms with Gasteiger partial charge in [0, 0.05) is 31.2 Å². The van der Waals surface area contributed by atoms with Crippen molar-refractivity contribution >= 4 is 11.6 Å². The zero-order valence-electron chi connectivity index (χ0n) is 12.3. The standard InChI is InChI=1S/C14H24N4O/c1-9(2)18(7-8-19-4)14-10(3)12(15)16-13(17-14)11-5-6-11/h9,11H,5-8H2,1-4H3,(H2,15,16,17). The highest BCUT2D eigenvalue weighted by molar-refractivity contribution is 5.57. The van der Waals surface area contributed by atoms with Gasteiger partial charge in [0.2, 0.25) is 0 Å². The highest BCUT2D eigenvalue weighted by atomic mass is 16.5. The number of methoxy groups -OCH3 is 1. The third kappa shape index (κ3) is 3.15. The van der Waals surface area contributed by atoms with Crippen molar-refractivity contribution in [3.05, 3.63) is 11.4 Å². The van der Waals surface area contributed by atoms with Gasteiger partial charge in [-0.3, -0.25) is 0 Å². The predicted octanol–water partition coefficient (Wildman–Crippen LogP) is 2.11. The van der Waals surface area contributed by atoms with Crippen LogP contribution >= 0.6 is 0 Å². The molecule has 5 heteroatoms. The summed E-state index contributed by atoms with van der Waals surface area (Å²) in [5.41, 5.74) is 7.01. The fraction of sp³-hybridized carbons (Fsp3) is 0.714. The van der Waals surface area contributed by atoms with Crippen molar-refractivity contribution in [2.24, 2.45) is 0 Å². The molecule has 0 aliphatic heterocycles. The molecule has 1 heterocycles. The minimum absolute atomic E-state index is 0.357. The highest BCUT2D eigenvalue weighted by Crippen LogP contribution is 2.39. The first kappa shape index (κ1) is 14.1. The summed E-state index contributed by atoms with van der Waals surface area (Å²) in [4.78, 5) is 11.4. The van der Waals surface area contributed by atoms with Crippen molar-refractivity contribution in [3.8, 4) is 0 Å². The lowest BCUT2D eigenvalue weighted by molar-refractivity contribution is 0.203.